The number of hydrogen-bond donors (Lipinski definition) is 0. The average molecular weight is 549 g/mol. The second kappa shape index (κ2) is 11.2. The summed E-state index contributed by atoms with van der Waals surface area (Å²) in [5.74, 6) is 1.37. The Bertz CT molecular complexity index is 1340. The van der Waals surface area contributed by atoms with Crippen LogP contribution in [0.2, 0.25) is 0 Å². The molecule has 3 aliphatic rings. The van der Waals surface area contributed by atoms with Crippen molar-refractivity contribution in [1.29, 1.82) is 0 Å². The third-order valence-corrected chi connectivity index (χ3v) is 8.11. The molecule has 2 aliphatic heterocycles. The molecular formula is C30H40N6O4. The molecule has 0 spiro atoms. The first-order valence-corrected chi connectivity index (χ1v) is 14.6. The second-order valence-corrected chi connectivity index (χ2v) is 12.2. The molecule has 2 fully saturated rings. The lowest BCUT2D eigenvalue weighted by molar-refractivity contribution is 0.0198. The van der Waals surface area contributed by atoms with Crippen LogP contribution in [0.25, 0.3) is 11.0 Å². The molecule has 0 unspecified atom stereocenters. The molecule has 0 bridgehead atoms. The number of morpholine rings is 1. The first kappa shape index (κ1) is 26.8. The highest BCUT2D eigenvalue weighted by Crippen LogP contribution is 2.35. The molecule has 10 heteroatoms. The summed E-state index contributed by atoms with van der Waals surface area (Å²) in [6.45, 7) is 10.9. The minimum atomic E-state index is -0.499. The lowest BCUT2D eigenvalue weighted by Gasteiger charge is -2.32. The van der Waals surface area contributed by atoms with Crippen molar-refractivity contribution in [1.82, 2.24) is 24.4 Å². The summed E-state index contributed by atoms with van der Waals surface area (Å²) in [4.78, 5) is 30.7. The van der Waals surface area contributed by atoms with Gasteiger partial charge < -0.3 is 28.6 Å². The molecule has 0 N–H and O–H groups in total. The van der Waals surface area contributed by atoms with E-state index in [0.29, 0.717) is 19.0 Å². The predicted molar refractivity (Wildman–Crippen MR) is 152 cm³/mol. The van der Waals surface area contributed by atoms with Gasteiger partial charge in [-0.1, -0.05) is 0 Å². The van der Waals surface area contributed by atoms with Crippen molar-refractivity contribution < 1.29 is 19.0 Å². The third-order valence-electron chi connectivity index (χ3n) is 8.11. The van der Waals surface area contributed by atoms with Gasteiger partial charge >= 0.3 is 6.09 Å². The van der Waals surface area contributed by atoms with Gasteiger partial charge in [-0.2, -0.15) is 0 Å². The van der Waals surface area contributed by atoms with Crippen molar-refractivity contribution in [2.75, 3.05) is 37.7 Å². The lowest BCUT2D eigenvalue weighted by atomic mass is 9.84. The summed E-state index contributed by atoms with van der Waals surface area (Å²) < 4.78 is 20.0. The smallest absolute Gasteiger partial charge is 0.410 e. The summed E-state index contributed by atoms with van der Waals surface area (Å²) in [5, 5.41) is 0. The number of anilines is 1. The highest BCUT2D eigenvalue weighted by molar-refractivity contribution is 5.85. The van der Waals surface area contributed by atoms with Gasteiger partial charge in [0.05, 0.1) is 49.1 Å². The van der Waals surface area contributed by atoms with E-state index in [1.807, 2.05) is 27.1 Å². The number of nitrogens with zero attached hydrogens (tertiary/aromatic N) is 6. The Kier molecular flexibility index (Phi) is 7.53. The van der Waals surface area contributed by atoms with Gasteiger partial charge in [-0.15, -0.1) is 0 Å². The van der Waals surface area contributed by atoms with Gasteiger partial charge in [-0.3, -0.25) is 4.98 Å². The van der Waals surface area contributed by atoms with Crippen molar-refractivity contribution >= 4 is 22.8 Å². The first-order chi connectivity index (χ1) is 19.3. The third kappa shape index (κ3) is 6.01. The van der Waals surface area contributed by atoms with Crippen LogP contribution in [0.5, 0.6) is 5.75 Å². The average Bonchev–Trinajstić information content (AvgIpc) is 3.35. The summed E-state index contributed by atoms with van der Waals surface area (Å²) in [5.41, 5.74) is 4.55. The minimum Gasteiger partial charge on any atom is -0.488 e. The number of ether oxygens (including phenoxy) is 3. The molecule has 0 radical (unpaired) electrons. The number of imidazole rings is 1. The normalized spacial score (nSPS) is 21.8. The molecular weight excluding hydrogens is 508 g/mol. The van der Waals surface area contributed by atoms with Crippen LogP contribution in [0.1, 0.15) is 57.8 Å². The standard InChI is InChI=1S/C30H40N6O4/c1-30(2,3)40-29(37)35-10-11-36-20-33-24(26(36)19-35)16-21-4-6-23(7-5-21)39-27-18-22(34-12-14-38-15-13-34)17-25-28(27)32-9-8-31-25/h8-9,17-18,20-21,23H,4-7,10-16,19H2,1-3H3. The van der Waals surface area contributed by atoms with E-state index < -0.39 is 5.60 Å². The fraction of sp³-hybridized carbons (Fsp3) is 0.600. The zero-order valence-electron chi connectivity index (χ0n) is 23.8. The highest BCUT2D eigenvalue weighted by atomic mass is 16.6. The monoisotopic (exact) mass is 548 g/mol. The van der Waals surface area contributed by atoms with Crippen LogP contribution in [-0.4, -0.2) is 75.1 Å². The lowest BCUT2D eigenvalue weighted by Crippen LogP contribution is -2.41. The van der Waals surface area contributed by atoms with Gasteiger partial charge in [-0.25, -0.2) is 14.8 Å². The van der Waals surface area contributed by atoms with E-state index in [-0.39, 0.29) is 12.2 Å². The Morgan fingerprint density at radius 2 is 1.77 bits per heavy atom. The first-order valence-electron chi connectivity index (χ1n) is 14.6. The molecule has 1 saturated heterocycles. The molecule has 214 valence electrons. The molecule has 0 atom stereocenters. The number of carbonyl (C=O) groups is 1. The number of aromatic nitrogens is 4. The van der Waals surface area contributed by atoms with E-state index in [2.05, 4.69) is 31.6 Å². The van der Waals surface area contributed by atoms with E-state index in [1.165, 1.54) is 0 Å². The largest absolute Gasteiger partial charge is 0.488 e. The van der Waals surface area contributed by atoms with Gasteiger partial charge in [0, 0.05) is 50.3 Å². The molecule has 1 amide bonds. The van der Waals surface area contributed by atoms with E-state index in [9.17, 15) is 4.79 Å². The fourth-order valence-electron chi connectivity index (χ4n) is 5.99. The molecule has 1 saturated carbocycles. The van der Waals surface area contributed by atoms with Crippen LogP contribution in [0.4, 0.5) is 10.5 Å². The number of benzene rings is 1. The summed E-state index contributed by atoms with van der Waals surface area (Å²) in [6.07, 6.45) is 10.4. The molecule has 1 aliphatic carbocycles. The van der Waals surface area contributed by atoms with Crippen molar-refractivity contribution in [2.45, 2.75) is 77.7 Å². The quantitative estimate of drug-likeness (QED) is 0.457. The molecule has 10 nitrogen and oxygen atoms in total. The number of carbonyl (C=O) groups excluding carboxylic acids is 1. The van der Waals surface area contributed by atoms with Crippen molar-refractivity contribution in [3.05, 3.63) is 42.2 Å². The van der Waals surface area contributed by atoms with Crippen LogP contribution in [0.15, 0.2) is 30.9 Å². The van der Waals surface area contributed by atoms with Gasteiger partial charge in [0.15, 0.2) is 0 Å². The molecule has 4 heterocycles. The fourth-order valence-corrected chi connectivity index (χ4v) is 5.99. The van der Waals surface area contributed by atoms with E-state index in [1.54, 1.807) is 17.3 Å². The molecule has 2 aromatic heterocycles. The topological polar surface area (TPSA) is 94.8 Å². The van der Waals surface area contributed by atoms with Crippen molar-refractivity contribution in [3.63, 3.8) is 0 Å². The summed E-state index contributed by atoms with van der Waals surface area (Å²) >= 11 is 0. The van der Waals surface area contributed by atoms with Crippen LogP contribution in [0.3, 0.4) is 0 Å². The van der Waals surface area contributed by atoms with Gasteiger partial charge in [0.2, 0.25) is 0 Å². The zero-order chi connectivity index (χ0) is 27.7. The Morgan fingerprint density at radius 1 is 1.00 bits per heavy atom. The molecule has 3 aromatic rings. The number of hydrogen-bond acceptors (Lipinski definition) is 8. The molecule has 40 heavy (non-hydrogen) atoms. The van der Waals surface area contributed by atoms with E-state index in [0.717, 1.165) is 98.8 Å². The SMILES string of the molecule is CC(C)(C)OC(=O)N1CCn2cnc(CC3CCC(Oc4cc(N5CCOCC5)cc5nccnc45)CC3)c2C1. The minimum absolute atomic E-state index is 0.153. The number of amides is 1. The van der Waals surface area contributed by atoms with Gasteiger partial charge in [-0.05, 0) is 64.9 Å². The van der Waals surface area contributed by atoms with Crippen LogP contribution < -0.4 is 9.64 Å². The second-order valence-electron chi connectivity index (χ2n) is 12.2. The maximum absolute atomic E-state index is 12.7. The maximum atomic E-state index is 12.7. The number of rotatable bonds is 5. The zero-order valence-corrected chi connectivity index (χ0v) is 23.8. The molecule has 1 aromatic carbocycles. The van der Waals surface area contributed by atoms with E-state index >= 15 is 0 Å². The van der Waals surface area contributed by atoms with Crippen LogP contribution >= 0.6 is 0 Å². The Labute approximate surface area is 235 Å². The van der Waals surface area contributed by atoms with Crippen molar-refractivity contribution in [3.8, 4) is 5.75 Å². The Balaban J connectivity index is 1.08. The maximum Gasteiger partial charge on any atom is 0.410 e. The summed E-state index contributed by atoms with van der Waals surface area (Å²) in [7, 11) is 0. The van der Waals surface area contributed by atoms with E-state index in [4.69, 9.17) is 19.2 Å². The van der Waals surface area contributed by atoms with Gasteiger partial charge in [0.25, 0.3) is 0 Å². The van der Waals surface area contributed by atoms with Crippen LogP contribution in [0, 0.1) is 5.92 Å². The van der Waals surface area contributed by atoms with Crippen molar-refractivity contribution in [2.24, 2.45) is 5.92 Å². The molecule has 6 rings (SSSR count). The summed E-state index contributed by atoms with van der Waals surface area (Å²) in [6, 6.07) is 4.23. The number of fused-ring (bicyclic) bond motifs is 2. The Hall–Kier alpha value is -3.40. The predicted octanol–water partition coefficient (Wildman–Crippen LogP) is 4.59. The van der Waals surface area contributed by atoms with Gasteiger partial charge in [0.1, 0.15) is 16.9 Å². The Morgan fingerprint density at radius 3 is 2.55 bits per heavy atom. The van der Waals surface area contributed by atoms with Crippen LogP contribution in [-0.2, 0) is 29.0 Å². The highest BCUT2D eigenvalue weighted by Gasteiger charge is 2.30.